The molecule has 1 aromatic heterocycles. The predicted molar refractivity (Wildman–Crippen MR) is 78.9 cm³/mol. The summed E-state index contributed by atoms with van der Waals surface area (Å²) in [6.45, 7) is 2.30. The normalized spacial score (nSPS) is 10.5. The van der Waals surface area contributed by atoms with E-state index in [1.807, 2.05) is 12.3 Å². The summed E-state index contributed by atoms with van der Waals surface area (Å²) in [5, 5.41) is 6.80. The quantitative estimate of drug-likeness (QED) is 0.936. The molecule has 0 radical (unpaired) electrons. The highest BCUT2D eigenvalue weighted by atomic mass is 35.5. The van der Waals surface area contributed by atoms with E-state index in [-0.39, 0.29) is 12.3 Å². The van der Waals surface area contributed by atoms with Crippen LogP contribution in [0, 0.1) is 6.92 Å². The Morgan fingerprint density at radius 1 is 1.42 bits per heavy atom. The van der Waals surface area contributed by atoms with Crippen LogP contribution in [0.2, 0.25) is 10.0 Å². The highest BCUT2D eigenvalue weighted by molar-refractivity contribution is 7.09. The van der Waals surface area contributed by atoms with Crippen LogP contribution in [-0.2, 0) is 17.8 Å². The van der Waals surface area contributed by atoms with Gasteiger partial charge < -0.3 is 5.32 Å². The van der Waals surface area contributed by atoms with Crippen molar-refractivity contribution in [3.05, 3.63) is 49.9 Å². The van der Waals surface area contributed by atoms with Gasteiger partial charge in [-0.25, -0.2) is 4.98 Å². The van der Waals surface area contributed by atoms with Gasteiger partial charge in [-0.15, -0.1) is 11.3 Å². The van der Waals surface area contributed by atoms with E-state index in [0.717, 1.165) is 16.3 Å². The molecule has 0 saturated heterocycles. The van der Waals surface area contributed by atoms with Gasteiger partial charge in [0.2, 0.25) is 5.91 Å². The van der Waals surface area contributed by atoms with Crippen molar-refractivity contribution in [3.63, 3.8) is 0 Å². The fraction of sp³-hybridized carbons (Fsp3) is 0.231. The van der Waals surface area contributed by atoms with E-state index < -0.39 is 0 Å². The summed E-state index contributed by atoms with van der Waals surface area (Å²) in [6, 6.07) is 5.21. The Morgan fingerprint density at radius 2 is 2.21 bits per heavy atom. The smallest absolute Gasteiger partial charge is 0.226 e. The van der Waals surface area contributed by atoms with Gasteiger partial charge in [0, 0.05) is 22.0 Å². The Morgan fingerprint density at radius 3 is 2.84 bits per heavy atom. The molecule has 0 fully saturated rings. The Bertz CT molecular complexity index is 598. The first-order valence-electron chi connectivity index (χ1n) is 5.66. The van der Waals surface area contributed by atoms with Crippen molar-refractivity contribution in [3.8, 4) is 0 Å². The minimum absolute atomic E-state index is 0.0729. The molecule has 3 nitrogen and oxygen atoms in total. The first-order valence-corrected chi connectivity index (χ1v) is 7.30. The molecule has 1 aromatic carbocycles. The van der Waals surface area contributed by atoms with Crippen LogP contribution in [0.1, 0.15) is 16.3 Å². The number of benzene rings is 1. The molecule has 0 aliphatic carbocycles. The molecule has 1 heterocycles. The van der Waals surface area contributed by atoms with Crippen molar-refractivity contribution in [1.82, 2.24) is 10.3 Å². The van der Waals surface area contributed by atoms with Crippen LogP contribution in [0.3, 0.4) is 0 Å². The molecule has 1 N–H and O–H groups in total. The standard InChI is InChI=1S/C13H12Cl2N2OS/c1-8-17-11(7-19-8)5-13(18)16-6-9-2-3-10(14)4-12(9)15/h2-4,7H,5-6H2,1H3,(H,16,18). The Kier molecular flexibility index (Phi) is 4.80. The monoisotopic (exact) mass is 314 g/mol. The van der Waals surface area contributed by atoms with E-state index in [2.05, 4.69) is 10.3 Å². The summed E-state index contributed by atoms with van der Waals surface area (Å²) in [5.41, 5.74) is 1.64. The average Bonchev–Trinajstić information content (AvgIpc) is 2.73. The molecule has 0 atom stereocenters. The molecule has 6 heteroatoms. The van der Waals surface area contributed by atoms with E-state index in [4.69, 9.17) is 23.2 Å². The molecule has 2 aromatic rings. The third-order valence-corrected chi connectivity index (χ3v) is 3.91. The van der Waals surface area contributed by atoms with E-state index in [0.29, 0.717) is 16.6 Å². The zero-order valence-electron chi connectivity index (χ0n) is 10.2. The molecule has 0 unspecified atom stereocenters. The molecular weight excluding hydrogens is 303 g/mol. The lowest BCUT2D eigenvalue weighted by Gasteiger charge is -2.06. The number of nitrogens with one attached hydrogen (secondary N) is 1. The van der Waals surface area contributed by atoms with Crippen LogP contribution in [0.25, 0.3) is 0 Å². The lowest BCUT2D eigenvalue weighted by molar-refractivity contribution is -0.120. The van der Waals surface area contributed by atoms with E-state index in [1.54, 1.807) is 18.2 Å². The molecule has 2 rings (SSSR count). The summed E-state index contributed by atoms with van der Waals surface area (Å²) in [5.74, 6) is -0.0729. The first kappa shape index (κ1) is 14.3. The summed E-state index contributed by atoms with van der Waals surface area (Å²) >= 11 is 13.4. The number of hydrogen-bond acceptors (Lipinski definition) is 3. The number of rotatable bonds is 4. The van der Waals surface area contributed by atoms with Crippen LogP contribution in [0.15, 0.2) is 23.6 Å². The lowest BCUT2D eigenvalue weighted by Crippen LogP contribution is -2.24. The number of carbonyl (C=O) groups excluding carboxylic acids is 1. The zero-order chi connectivity index (χ0) is 13.8. The number of thiazole rings is 1. The second kappa shape index (κ2) is 6.37. The lowest BCUT2D eigenvalue weighted by atomic mass is 10.2. The van der Waals surface area contributed by atoms with Crippen LogP contribution >= 0.6 is 34.5 Å². The van der Waals surface area contributed by atoms with Crippen LogP contribution in [-0.4, -0.2) is 10.9 Å². The van der Waals surface area contributed by atoms with E-state index in [1.165, 1.54) is 11.3 Å². The Balaban J connectivity index is 1.89. The molecule has 1 amide bonds. The maximum atomic E-state index is 11.8. The van der Waals surface area contributed by atoms with Crippen molar-refractivity contribution < 1.29 is 4.79 Å². The molecule has 19 heavy (non-hydrogen) atoms. The van der Waals surface area contributed by atoms with Gasteiger partial charge in [-0.05, 0) is 24.6 Å². The number of halogens is 2. The number of nitrogens with zero attached hydrogens (tertiary/aromatic N) is 1. The predicted octanol–water partition coefficient (Wildman–Crippen LogP) is 3.62. The largest absolute Gasteiger partial charge is 0.352 e. The number of hydrogen-bond donors (Lipinski definition) is 1. The van der Waals surface area contributed by atoms with Crippen LogP contribution in [0.4, 0.5) is 0 Å². The van der Waals surface area contributed by atoms with E-state index >= 15 is 0 Å². The summed E-state index contributed by atoms with van der Waals surface area (Å²) in [7, 11) is 0. The summed E-state index contributed by atoms with van der Waals surface area (Å²) < 4.78 is 0. The second-order valence-electron chi connectivity index (χ2n) is 4.05. The molecule has 0 aliphatic heterocycles. The van der Waals surface area contributed by atoms with Crippen molar-refractivity contribution >= 4 is 40.4 Å². The minimum atomic E-state index is -0.0729. The fourth-order valence-corrected chi connectivity index (χ4v) is 2.66. The number of aromatic nitrogens is 1. The number of aryl methyl sites for hydroxylation is 1. The van der Waals surface area contributed by atoms with Gasteiger partial charge in [0.25, 0.3) is 0 Å². The van der Waals surface area contributed by atoms with Gasteiger partial charge in [-0.2, -0.15) is 0 Å². The maximum Gasteiger partial charge on any atom is 0.226 e. The third-order valence-electron chi connectivity index (χ3n) is 2.50. The topological polar surface area (TPSA) is 42.0 Å². The number of carbonyl (C=O) groups is 1. The highest BCUT2D eigenvalue weighted by Gasteiger charge is 2.07. The summed E-state index contributed by atoms with van der Waals surface area (Å²) in [4.78, 5) is 16.0. The molecule has 100 valence electrons. The molecule has 0 bridgehead atoms. The third kappa shape index (κ3) is 4.20. The fourth-order valence-electron chi connectivity index (χ4n) is 1.58. The SMILES string of the molecule is Cc1nc(CC(=O)NCc2ccc(Cl)cc2Cl)cs1. The molecule has 0 saturated carbocycles. The summed E-state index contributed by atoms with van der Waals surface area (Å²) in [6.07, 6.45) is 0.287. The maximum absolute atomic E-state index is 11.8. The Labute approximate surface area is 125 Å². The van der Waals surface area contributed by atoms with Crippen molar-refractivity contribution in [1.29, 1.82) is 0 Å². The van der Waals surface area contributed by atoms with Gasteiger partial charge in [0.15, 0.2) is 0 Å². The van der Waals surface area contributed by atoms with Gasteiger partial charge in [0.1, 0.15) is 0 Å². The second-order valence-corrected chi connectivity index (χ2v) is 5.95. The van der Waals surface area contributed by atoms with Gasteiger partial charge in [-0.1, -0.05) is 29.3 Å². The Hall–Kier alpha value is -1.10. The van der Waals surface area contributed by atoms with Crippen molar-refractivity contribution in [2.75, 3.05) is 0 Å². The zero-order valence-corrected chi connectivity index (χ0v) is 12.6. The average molecular weight is 315 g/mol. The van der Waals surface area contributed by atoms with Gasteiger partial charge >= 0.3 is 0 Å². The van der Waals surface area contributed by atoms with Crippen molar-refractivity contribution in [2.24, 2.45) is 0 Å². The van der Waals surface area contributed by atoms with Crippen molar-refractivity contribution in [2.45, 2.75) is 19.9 Å². The minimum Gasteiger partial charge on any atom is -0.352 e. The number of amides is 1. The molecule has 0 spiro atoms. The van der Waals surface area contributed by atoms with Gasteiger partial charge in [0.05, 0.1) is 17.1 Å². The van der Waals surface area contributed by atoms with Crippen LogP contribution in [0.5, 0.6) is 0 Å². The molecular formula is C13H12Cl2N2OS. The molecule has 0 aliphatic rings. The van der Waals surface area contributed by atoms with E-state index in [9.17, 15) is 4.79 Å². The highest BCUT2D eigenvalue weighted by Crippen LogP contribution is 2.20. The van der Waals surface area contributed by atoms with Gasteiger partial charge in [-0.3, -0.25) is 4.79 Å². The van der Waals surface area contributed by atoms with Crippen LogP contribution < -0.4 is 5.32 Å². The first-order chi connectivity index (χ1) is 9.04.